The van der Waals surface area contributed by atoms with Gasteiger partial charge in [-0.3, -0.25) is 0 Å². The van der Waals surface area contributed by atoms with Crippen molar-refractivity contribution >= 4 is 0 Å². The first-order valence-corrected chi connectivity index (χ1v) is 9.61. The maximum Gasteiger partial charge on any atom is 0.284 e. The fourth-order valence-corrected chi connectivity index (χ4v) is 2.61. The van der Waals surface area contributed by atoms with Gasteiger partial charge in [-0.15, -0.1) is 0 Å². The van der Waals surface area contributed by atoms with Crippen LogP contribution in [0, 0.1) is 0 Å². The van der Waals surface area contributed by atoms with E-state index in [1.54, 1.807) is 0 Å². The first-order chi connectivity index (χ1) is 12.1. The van der Waals surface area contributed by atoms with E-state index in [4.69, 9.17) is 28.4 Å². The fraction of sp³-hybridized carbons (Fsp3) is 1.00. The average molecular weight is 366 g/mol. The number of rotatable bonds is 18. The third-order valence-electron chi connectivity index (χ3n) is 3.40. The third kappa shape index (κ3) is 9.84. The van der Waals surface area contributed by atoms with Gasteiger partial charge in [0, 0.05) is 65.6 Å². The molecule has 0 amide bonds. The molecule has 0 aromatic heterocycles. The Hall–Kier alpha value is -0.280. The van der Waals surface area contributed by atoms with Crippen molar-refractivity contribution in [3.8, 4) is 0 Å². The van der Waals surface area contributed by atoms with Crippen LogP contribution < -0.4 is 5.32 Å². The van der Waals surface area contributed by atoms with Gasteiger partial charge in [-0.1, -0.05) is 0 Å². The van der Waals surface area contributed by atoms with Crippen LogP contribution in [0.15, 0.2) is 0 Å². The molecule has 0 radical (unpaired) electrons. The molecule has 0 saturated carbocycles. The molecule has 0 aromatic rings. The molecule has 0 spiro atoms. The number of ether oxygens (including phenoxy) is 6. The number of hydrogen-bond donors (Lipinski definition) is 1. The summed E-state index contributed by atoms with van der Waals surface area (Å²) in [6.07, 6.45) is 1.18. The van der Waals surface area contributed by atoms with Crippen molar-refractivity contribution in [3.63, 3.8) is 0 Å². The van der Waals surface area contributed by atoms with Crippen molar-refractivity contribution in [3.05, 3.63) is 0 Å². The van der Waals surface area contributed by atoms with E-state index in [0.29, 0.717) is 65.6 Å². The second kappa shape index (κ2) is 14.8. The summed E-state index contributed by atoms with van der Waals surface area (Å²) in [5, 5.41) is 3.37. The lowest BCUT2D eigenvalue weighted by molar-refractivity contribution is -0.380. The Labute approximate surface area is 153 Å². The minimum atomic E-state index is -0.984. The Balaban J connectivity index is 4.49. The van der Waals surface area contributed by atoms with Gasteiger partial charge in [0.2, 0.25) is 0 Å². The summed E-state index contributed by atoms with van der Waals surface area (Å²) in [4.78, 5) is 0. The molecule has 25 heavy (non-hydrogen) atoms. The maximum absolute atomic E-state index is 5.72. The van der Waals surface area contributed by atoms with E-state index in [-0.39, 0.29) is 0 Å². The first-order valence-electron chi connectivity index (χ1n) is 9.61. The van der Waals surface area contributed by atoms with Crippen molar-refractivity contribution in [2.45, 2.75) is 66.3 Å². The smallest absolute Gasteiger partial charge is 0.284 e. The Bertz CT molecular complexity index is 241. The van der Waals surface area contributed by atoms with E-state index >= 15 is 0 Å². The van der Waals surface area contributed by atoms with Crippen LogP contribution in [0.5, 0.6) is 0 Å². The second-order valence-corrected chi connectivity index (χ2v) is 5.21. The zero-order valence-electron chi connectivity index (χ0n) is 17.0. The number of hydrogen-bond acceptors (Lipinski definition) is 7. The quantitative estimate of drug-likeness (QED) is 0.296. The molecule has 7 nitrogen and oxygen atoms in total. The molecule has 7 heteroatoms. The van der Waals surface area contributed by atoms with E-state index < -0.39 is 11.9 Å². The summed E-state index contributed by atoms with van der Waals surface area (Å²) in [7, 11) is 0. The maximum atomic E-state index is 5.72. The fourth-order valence-electron chi connectivity index (χ4n) is 2.61. The van der Waals surface area contributed by atoms with E-state index in [1.807, 2.05) is 41.5 Å². The van der Waals surface area contributed by atoms with Crippen molar-refractivity contribution in [1.82, 2.24) is 5.32 Å². The summed E-state index contributed by atoms with van der Waals surface area (Å²) >= 11 is 0. The summed E-state index contributed by atoms with van der Waals surface area (Å²) in [6.45, 7) is 16.1. The summed E-state index contributed by atoms with van der Waals surface area (Å²) in [5.41, 5.74) is 0. The van der Waals surface area contributed by atoms with Gasteiger partial charge in [0.15, 0.2) is 0 Å². The minimum absolute atomic E-state index is 0.530. The van der Waals surface area contributed by atoms with Crippen LogP contribution in [0.4, 0.5) is 0 Å². The highest BCUT2D eigenvalue weighted by molar-refractivity contribution is 4.64. The van der Waals surface area contributed by atoms with Crippen LogP contribution in [0.25, 0.3) is 0 Å². The Morgan fingerprint density at radius 2 is 0.720 bits per heavy atom. The predicted molar refractivity (Wildman–Crippen MR) is 97.3 cm³/mol. The summed E-state index contributed by atoms with van der Waals surface area (Å²) < 4.78 is 34.3. The van der Waals surface area contributed by atoms with Crippen molar-refractivity contribution in [1.29, 1.82) is 0 Å². The van der Waals surface area contributed by atoms with Crippen LogP contribution >= 0.6 is 0 Å². The van der Waals surface area contributed by atoms with Crippen molar-refractivity contribution in [2.24, 2.45) is 0 Å². The van der Waals surface area contributed by atoms with Gasteiger partial charge in [-0.25, -0.2) is 0 Å². The first kappa shape index (κ1) is 24.7. The molecule has 0 aliphatic heterocycles. The highest BCUT2D eigenvalue weighted by atomic mass is 16.9. The van der Waals surface area contributed by atoms with Crippen LogP contribution in [0.3, 0.4) is 0 Å². The molecule has 0 atom stereocenters. The zero-order valence-corrected chi connectivity index (χ0v) is 17.0. The SMILES string of the molecule is CCOC(CCNCCC(OCC)(OCC)OCC)(OCC)OCC. The summed E-state index contributed by atoms with van der Waals surface area (Å²) in [5.74, 6) is -1.97. The third-order valence-corrected chi connectivity index (χ3v) is 3.40. The molecular weight excluding hydrogens is 326 g/mol. The minimum Gasteiger partial charge on any atom is -0.328 e. The molecule has 0 aliphatic rings. The second-order valence-electron chi connectivity index (χ2n) is 5.21. The highest BCUT2D eigenvalue weighted by Crippen LogP contribution is 2.21. The van der Waals surface area contributed by atoms with Gasteiger partial charge in [0.25, 0.3) is 11.9 Å². The van der Waals surface area contributed by atoms with E-state index in [1.165, 1.54) is 0 Å². The molecular formula is C18H39NO6. The normalized spacial score (nSPS) is 12.7. The van der Waals surface area contributed by atoms with Gasteiger partial charge in [-0.05, 0) is 41.5 Å². The van der Waals surface area contributed by atoms with Gasteiger partial charge in [-0.2, -0.15) is 0 Å². The van der Waals surface area contributed by atoms with E-state index in [0.717, 1.165) is 0 Å². The van der Waals surface area contributed by atoms with Gasteiger partial charge < -0.3 is 33.7 Å². The Morgan fingerprint density at radius 3 is 0.920 bits per heavy atom. The van der Waals surface area contributed by atoms with E-state index in [2.05, 4.69) is 5.32 Å². The summed E-state index contributed by atoms with van der Waals surface area (Å²) in [6, 6.07) is 0. The molecule has 0 aliphatic carbocycles. The van der Waals surface area contributed by atoms with Crippen molar-refractivity contribution in [2.75, 3.05) is 52.7 Å². The molecule has 0 bridgehead atoms. The topological polar surface area (TPSA) is 67.4 Å². The molecule has 0 fully saturated rings. The molecule has 0 heterocycles. The molecule has 0 rings (SSSR count). The highest BCUT2D eigenvalue weighted by Gasteiger charge is 2.33. The van der Waals surface area contributed by atoms with Crippen LogP contribution in [0.2, 0.25) is 0 Å². The van der Waals surface area contributed by atoms with Gasteiger partial charge in [0.1, 0.15) is 0 Å². The van der Waals surface area contributed by atoms with Crippen LogP contribution in [-0.2, 0) is 28.4 Å². The zero-order chi connectivity index (χ0) is 19.0. The van der Waals surface area contributed by atoms with Crippen LogP contribution in [-0.4, -0.2) is 64.7 Å². The molecule has 152 valence electrons. The number of nitrogens with one attached hydrogen (secondary N) is 1. The molecule has 0 saturated heterocycles. The molecule has 1 N–H and O–H groups in total. The monoisotopic (exact) mass is 365 g/mol. The van der Waals surface area contributed by atoms with Gasteiger partial charge >= 0.3 is 0 Å². The van der Waals surface area contributed by atoms with Crippen molar-refractivity contribution < 1.29 is 28.4 Å². The lowest BCUT2D eigenvalue weighted by Gasteiger charge is -2.33. The lowest BCUT2D eigenvalue weighted by atomic mass is 10.3. The standard InChI is InChI=1S/C18H39NO6/c1-7-20-17(21-8-2,22-9-3)13-15-19-16-14-18(23-10-4,24-11-5)25-12-6/h19H,7-16H2,1-6H3. The van der Waals surface area contributed by atoms with Crippen LogP contribution in [0.1, 0.15) is 54.4 Å². The lowest BCUT2D eigenvalue weighted by Crippen LogP contribution is -2.44. The predicted octanol–water partition coefficient (Wildman–Crippen LogP) is 2.88. The Kier molecular flexibility index (Phi) is 14.7. The molecule has 0 unspecified atom stereocenters. The largest absolute Gasteiger partial charge is 0.328 e. The average Bonchev–Trinajstić information content (AvgIpc) is 2.56. The van der Waals surface area contributed by atoms with Gasteiger partial charge in [0.05, 0.1) is 0 Å². The van der Waals surface area contributed by atoms with E-state index in [9.17, 15) is 0 Å². The Morgan fingerprint density at radius 1 is 0.480 bits per heavy atom. The molecule has 0 aromatic carbocycles.